The number of nitrogens with one attached hydrogen (secondary N) is 1. The van der Waals surface area contributed by atoms with Crippen molar-refractivity contribution in [3.63, 3.8) is 0 Å². The number of piperidine rings is 1. The summed E-state index contributed by atoms with van der Waals surface area (Å²) < 4.78 is 21.5. The normalized spacial score (nSPS) is 14.1. The summed E-state index contributed by atoms with van der Waals surface area (Å²) >= 11 is 3.45. The third-order valence-electron chi connectivity index (χ3n) is 6.49. The summed E-state index contributed by atoms with van der Waals surface area (Å²) in [6.07, 6.45) is 5.16. The maximum atomic E-state index is 14.0. The summed E-state index contributed by atoms with van der Waals surface area (Å²) in [5, 5.41) is 2.90. The molecule has 0 radical (unpaired) electrons. The molecule has 36 heavy (non-hydrogen) atoms. The molecular weight excluding hydrogens is 527 g/mol. The molecule has 1 aliphatic heterocycles. The number of hydrogen-bond donors (Lipinski definition) is 1. The zero-order valence-corrected chi connectivity index (χ0v) is 21.2. The van der Waals surface area contributed by atoms with E-state index in [-0.39, 0.29) is 17.6 Å². The van der Waals surface area contributed by atoms with Gasteiger partial charge in [-0.2, -0.15) is 0 Å². The Balaban J connectivity index is 1.18. The van der Waals surface area contributed by atoms with Crippen LogP contribution in [0.5, 0.6) is 5.75 Å². The van der Waals surface area contributed by atoms with Crippen molar-refractivity contribution >= 4 is 39.1 Å². The third kappa shape index (κ3) is 4.83. The monoisotopic (exact) mass is 550 g/mol. The molecule has 1 fully saturated rings. The van der Waals surface area contributed by atoms with E-state index >= 15 is 0 Å². The van der Waals surface area contributed by atoms with E-state index in [1.807, 2.05) is 42.6 Å². The standard InChI is InChI=1S/C27H24BrFN4O3/c1-36-24-9-6-19(15-22(24)29)27(35)32-13-10-18(11-14-32)17-4-7-20(8-5-17)30-26(34)23-16-33-12-2-3-21(28)25(33)31-23/h2-9,12,15-16,18H,10-11,13-14H2,1H3,(H,30,34). The molecule has 9 heteroatoms. The van der Waals surface area contributed by atoms with Crippen molar-refractivity contribution in [1.29, 1.82) is 0 Å². The molecule has 5 rings (SSSR count). The molecule has 7 nitrogen and oxygen atoms in total. The number of nitrogens with zero attached hydrogens (tertiary/aromatic N) is 3. The molecule has 0 saturated carbocycles. The minimum atomic E-state index is -0.542. The summed E-state index contributed by atoms with van der Waals surface area (Å²) in [5.41, 5.74) is 3.19. The quantitative estimate of drug-likeness (QED) is 0.355. The van der Waals surface area contributed by atoms with Crippen LogP contribution in [0.1, 0.15) is 45.2 Å². The van der Waals surface area contributed by atoms with Gasteiger partial charge in [-0.05, 0) is 82.7 Å². The molecule has 1 aliphatic rings. The van der Waals surface area contributed by atoms with Crippen LogP contribution in [0.3, 0.4) is 0 Å². The Bertz CT molecular complexity index is 1430. The van der Waals surface area contributed by atoms with E-state index in [4.69, 9.17) is 4.74 Å². The van der Waals surface area contributed by atoms with E-state index in [1.54, 1.807) is 21.6 Å². The van der Waals surface area contributed by atoms with Gasteiger partial charge in [0, 0.05) is 36.7 Å². The first kappa shape index (κ1) is 24.0. The number of hydrogen-bond acceptors (Lipinski definition) is 4. The van der Waals surface area contributed by atoms with Crippen molar-refractivity contribution in [2.75, 3.05) is 25.5 Å². The number of likely N-dealkylation sites (tertiary alicyclic amines) is 1. The lowest BCUT2D eigenvalue weighted by Crippen LogP contribution is -2.38. The van der Waals surface area contributed by atoms with E-state index in [2.05, 4.69) is 26.2 Å². The number of carbonyl (C=O) groups is 2. The minimum Gasteiger partial charge on any atom is -0.494 e. The van der Waals surface area contributed by atoms with Gasteiger partial charge >= 0.3 is 0 Å². The van der Waals surface area contributed by atoms with Gasteiger partial charge in [0.1, 0.15) is 5.69 Å². The van der Waals surface area contributed by atoms with Crippen LogP contribution in [-0.4, -0.2) is 46.3 Å². The van der Waals surface area contributed by atoms with Gasteiger partial charge in [0.2, 0.25) is 0 Å². The van der Waals surface area contributed by atoms with Gasteiger partial charge < -0.3 is 19.4 Å². The fraction of sp³-hybridized carbons (Fsp3) is 0.222. The molecule has 3 heterocycles. The summed E-state index contributed by atoms with van der Waals surface area (Å²) in [7, 11) is 1.39. The number of imidazole rings is 1. The molecule has 0 spiro atoms. The Morgan fingerprint density at radius 1 is 1.11 bits per heavy atom. The molecule has 0 bridgehead atoms. The molecule has 0 unspecified atom stereocenters. The second-order valence-electron chi connectivity index (χ2n) is 8.71. The predicted octanol–water partition coefficient (Wildman–Crippen LogP) is 5.52. The zero-order valence-electron chi connectivity index (χ0n) is 19.6. The highest BCUT2D eigenvalue weighted by atomic mass is 79.9. The molecule has 2 aromatic heterocycles. The number of anilines is 1. The van der Waals surface area contributed by atoms with Crippen LogP contribution in [0.25, 0.3) is 5.65 Å². The van der Waals surface area contributed by atoms with Crippen LogP contribution < -0.4 is 10.1 Å². The molecule has 1 N–H and O–H groups in total. The second-order valence-corrected chi connectivity index (χ2v) is 9.56. The Morgan fingerprint density at radius 3 is 2.53 bits per heavy atom. The Hall–Kier alpha value is -3.72. The van der Waals surface area contributed by atoms with E-state index in [9.17, 15) is 14.0 Å². The highest BCUT2D eigenvalue weighted by Gasteiger charge is 2.25. The number of ether oxygens (including phenoxy) is 1. The molecule has 4 aromatic rings. The largest absolute Gasteiger partial charge is 0.494 e. The van der Waals surface area contributed by atoms with Crippen LogP contribution in [-0.2, 0) is 0 Å². The van der Waals surface area contributed by atoms with Gasteiger partial charge in [0.25, 0.3) is 11.8 Å². The topological polar surface area (TPSA) is 75.9 Å². The summed E-state index contributed by atoms with van der Waals surface area (Å²) in [6, 6.07) is 15.8. The van der Waals surface area contributed by atoms with Crippen molar-refractivity contribution in [3.05, 3.63) is 94.1 Å². The van der Waals surface area contributed by atoms with Crippen molar-refractivity contribution in [1.82, 2.24) is 14.3 Å². The zero-order chi connectivity index (χ0) is 25.2. The van der Waals surface area contributed by atoms with Crippen molar-refractivity contribution in [3.8, 4) is 5.75 Å². The van der Waals surface area contributed by atoms with Gasteiger partial charge in [-0.25, -0.2) is 9.37 Å². The SMILES string of the molecule is COc1ccc(C(=O)N2CCC(c3ccc(NC(=O)c4cn5cccc(Br)c5n4)cc3)CC2)cc1F. The van der Waals surface area contributed by atoms with Gasteiger partial charge in [-0.3, -0.25) is 9.59 Å². The highest BCUT2D eigenvalue weighted by molar-refractivity contribution is 9.10. The number of benzene rings is 2. The van der Waals surface area contributed by atoms with Gasteiger partial charge in [-0.1, -0.05) is 12.1 Å². The van der Waals surface area contributed by atoms with Crippen LogP contribution in [0.2, 0.25) is 0 Å². The first-order valence-corrected chi connectivity index (χ1v) is 12.4. The molecule has 0 atom stereocenters. The average molecular weight is 551 g/mol. The van der Waals surface area contributed by atoms with E-state index in [0.29, 0.717) is 41.6 Å². The number of aromatic nitrogens is 2. The number of fused-ring (bicyclic) bond motifs is 1. The highest BCUT2D eigenvalue weighted by Crippen LogP contribution is 2.30. The third-order valence-corrected chi connectivity index (χ3v) is 7.11. The lowest BCUT2D eigenvalue weighted by molar-refractivity contribution is 0.0712. The number of halogens is 2. The number of amides is 2. The van der Waals surface area contributed by atoms with E-state index in [1.165, 1.54) is 19.2 Å². The Morgan fingerprint density at radius 2 is 1.86 bits per heavy atom. The average Bonchev–Trinajstić information content (AvgIpc) is 3.35. The number of methoxy groups -OCH3 is 1. The summed E-state index contributed by atoms with van der Waals surface area (Å²) in [6.45, 7) is 1.19. The molecule has 184 valence electrons. The Labute approximate surface area is 216 Å². The van der Waals surface area contributed by atoms with Crippen molar-refractivity contribution in [2.45, 2.75) is 18.8 Å². The van der Waals surface area contributed by atoms with E-state index in [0.717, 1.165) is 22.9 Å². The van der Waals surface area contributed by atoms with Gasteiger partial charge in [0.05, 0.1) is 11.6 Å². The molecule has 1 saturated heterocycles. The van der Waals surface area contributed by atoms with Gasteiger partial charge in [0.15, 0.2) is 17.2 Å². The number of pyridine rings is 1. The smallest absolute Gasteiger partial charge is 0.275 e. The van der Waals surface area contributed by atoms with Crippen LogP contribution >= 0.6 is 15.9 Å². The molecule has 0 aliphatic carbocycles. The van der Waals surface area contributed by atoms with Gasteiger partial charge in [-0.15, -0.1) is 0 Å². The molecule has 2 aromatic carbocycles. The minimum absolute atomic E-state index is 0.122. The van der Waals surface area contributed by atoms with Crippen LogP contribution in [0.4, 0.5) is 10.1 Å². The van der Waals surface area contributed by atoms with Crippen LogP contribution in [0, 0.1) is 5.82 Å². The first-order chi connectivity index (χ1) is 17.4. The second kappa shape index (κ2) is 10.1. The van der Waals surface area contributed by atoms with E-state index < -0.39 is 5.82 Å². The number of rotatable bonds is 5. The number of carbonyl (C=O) groups excluding carboxylic acids is 2. The molecule has 2 amide bonds. The lowest BCUT2D eigenvalue weighted by Gasteiger charge is -2.32. The maximum Gasteiger partial charge on any atom is 0.275 e. The molecular formula is C27H24BrFN4O3. The van der Waals surface area contributed by atoms with Crippen molar-refractivity contribution < 1.29 is 18.7 Å². The predicted molar refractivity (Wildman–Crippen MR) is 138 cm³/mol. The maximum absolute atomic E-state index is 14.0. The fourth-order valence-corrected chi connectivity index (χ4v) is 4.97. The summed E-state index contributed by atoms with van der Waals surface area (Å²) in [4.78, 5) is 31.7. The Kier molecular flexibility index (Phi) is 6.73. The van der Waals surface area contributed by atoms with Crippen LogP contribution in [0.15, 0.2) is 71.5 Å². The lowest BCUT2D eigenvalue weighted by atomic mass is 9.89. The fourth-order valence-electron chi connectivity index (χ4n) is 4.52. The first-order valence-electron chi connectivity index (χ1n) is 11.6. The summed E-state index contributed by atoms with van der Waals surface area (Å²) in [5.74, 6) is -0.565. The van der Waals surface area contributed by atoms with Crippen molar-refractivity contribution in [2.24, 2.45) is 0 Å².